The van der Waals surface area contributed by atoms with Crippen LogP contribution in [0.25, 0.3) is 0 Å². The van der Waals surface area contributed by atoms with Crippen molar-refractivity contribution < 1.29 is 13.2 Å². The zero-order valence-electron chi connectivity index (χ0n) is 7.88. The van der Waals surface area contributed by atoms with Crippen LogP contribution in [0, 0.1) is 0 Å². The number of benzene rings is 1. The highest BCUT2D eigenvalue weighted by molar-refractivity contribution is 5.47. The predicted molar refractivity (Wildman–Crippen MR) is 51.8 cm³/mol. The van der Waals surface area contributed by atoms with Crippen LogP contribution in [0.15, 0.2) is 18.2 Å². The van der Waals surface area contributed by atoms with Crippen LogP contribution in [0.5, 0.6) is 0 Å². The fourth-order valence-corrected chi connectivity index (χ4v) is 1.27. The number of hydrogen-bond acceptors (Lipinski definition) is 3. The summed E-state index contributed by atoms with van der Waals surface area (Å²) in [7, 11) is 0. The molecule has 6 heteroatoms. The van der Waals surface area contributed by atoms with Gasteiger partial charge in [0.25, 0.3) is 0 Å². The van der Waals surface area contributed by atoms with Crippen molar-refractivity contribution in [1.29, 1.82) is 0 Å². The molecule has 0 aliphatic rings. The molecular weight excluding hydrogens is 207 g/mol. The second-order valence-corrected chi connectivity index (χ2v) is 3.19. The minimum atomic E-state index is -4.46. The van der Waals surface area contributed by atoms with E-state index in [1.54, 1.807) is 0 Å². The van der Waals surface area contributed by atoms with Gasteiger partial charge in [-0.05, 0) is 17.7 Å². The van der Waals surface area contributed by atoms with Gasteiger partial charge in [-0.3, -0.25) is 0 Å². The molecule has 0 bridgehead atoms. The van der Waals surface area contributed by atoms with Gasteiger partial charge < -0.3 is 17.2 Å². The summed E-state index contributed by atoms with van der Waals surface area (Å²) in [6.45, 7) is -0.0486. The Labute approximate surface area is 85.0 Å². The van der Waals surface area contributed by atoms with Crippen LogP contribution in [0.1, 0.15) is 17.2 Å². The van der Waals surface area contributed by atoms with Crippen molar-refractivity contribution in [2.45, 2.75) is 12.2 Å². The maximum Gasteiger partial charge on any atom is 0.416 e. The molecule has 0 amide bonds. The van der Waals surface area contributed by atoms with Gasteiger partial charge in [-0.25, -0.2) is 0 Å². The fourth-order valence-electron chi connectivity index (χ4n) is 1.27. The first kappa shape index (κ1) is 11.8. The molecule has 1 rings (SSSR count). The molecular formula is C9H12F3N3. The lowest BCUT2D eigenvalue weighted by atomic mass is 10.00. The van der Waals surface area contributed by atoms with Gasteiger partial charge in [-0.1, -0.05) is 6.07 Å². The van der Waals surface area contributed by atoms with E-state index in [4.69, 9.17) is 17.2 Å². The maximum atomic E-state index is 12.6. The molecule has 0 radical (unpaired) electrons. The van der Waals surface area contributed by atoms with Gasteiger partial charge >= 0.3 is 6.18 Å². The topological polar surface area (TPSA) is 78.1 Å². The van der Waals surface area contributed by atoms with E-state index >= 15 is 0 Å². The number of alkyl halides is 3. The zero-order chi connectivity index (χ0) is 11.6. The van der Waals surface area contributed by atoms with E-state index in [0.717, 1.165) is 6.07 Å². The monoisotopic (exact) mass is 219 g/mol. The lowest BCUT2D eigenvalue weighted by molar-refractivity contribution is -0.138. The average Bonchev–Trinajstić information content (AvgIpc) is 2.15. The third kappa shape index (κ3) is 2.60. The summed E-state index contributed by atoms with van der Waals surface area (Å²) in [6, 6.07) is 2.67. The van der Waals surface area contributed by atoms with Crippen LogP contribution in [0.2, 0.25) is 0 Å². The molecule has 1 aromatic carbocycles. The minimum Gasteiger partial charge on any atom is -0.399 e. The van der Waals surface area contributed by atoms with Crippen LogP contribution in [-0.4, -0.2) is 6.54 Å². The van der Waals surface area contributed by atoms with Gasteiger partial charge in [0.15, 0.2) is 0 Å². The average molecular weight is 219 g/mol. The lowest BCUT2D eigenvalue weighted by Crippen LogP contribution is -2.24. The molecule has 84 valence electrons. The predicted octanol–water partition coefficient (Wildman–Crippen LogP) is 1.25. The van der Waals surface area contributed by atoms with E-state index < -0.39 is 17.8 Å². The van der Waals surface area contributed by atoms with Gasteiger partial charge in [-0.15, -0.1) is 0 Å². The van der Waals surface area contributed by atoms with Crippen LogP contribution >= 0.6 is 0 Å². The smallest absolute Gasteiger partial charge is 0.399 e. The highest BCUT2D eigenvalue weighted by Crippen LogP contribution is 2.35. The molecule has 0 saturated carbocycles. The SMILES string of the molecule is NC[C@H](N)c1ccc(N)cc1C(F)(F)F. The number of nitrogens with two attached hydrogens (primary N) is 3. The second kappa shape index (κ2) is 4.08. The number of anilines is 1. The fraction of sp³-hybridized carbons (Fsp3) is 0.333. The van der Waals surface area contributed by atoms with Crippen LogP contribution in [-0.2, 0) is 6.18 Å². The normalized spacial score (nSPS) is 13.9. The van der Waals surface area contributed by atoms with E-state index in [-0.39, 0.29) is 17.8 Å². The Morgan fingerprint density at radius 1 is 1.27 bits per heavy atom. The third-order valence-electron chi connectivity index (χ3n) is 2.04. The van der Waals surface area contributed by atoms with Crippen molar-refractivity contribution in [3.05, 3.63) is 29.3 Å². The van der Waals surface area contributed by atoms with E-state index in [1.165, 1.54) is 12.1 Å². The molecule has 0 aromatic heterocycles. The highest BCUT2D eigenvalue weighted by atomic mass is 19.4. The van der Waals surface area contributed by atoms with Gasteiger partial charge in [-0.2, -0.15) is 13.2 Å². The Morgan fingerprint density at radius 3 is 2.33 bits per heavy atom. The molecule has 1 aromatic rings. The van der Waals surface area contributed by atoms with E-state index in [1.807, 2.05) is 0 Å². The van der Waals surface area contributed by atoms with Gasteiger partial charge in [0, 0.05) is 18.3 Å². The second-order valence-electron chi connectivity index (χ2n) is 3.19. The number of rotatable bonds is 2. The lowest BCUT2D eigenvalue weighted by Gasteiger charge is -2.17. The Hall–Kier alpha value is -1.27. The molecule has 0 heterocycles. The molecule has 6 N–H and O–H groups in total. The van der Waals surface area contributed by atoms with Crippen LogP contribution < -0.4 is 17.2 Å². The minimum absolute atomic E-state index is 0.0285. The first-order valence-electron chi connectivity index (χ1n) is 4.28. The Balaban J connectivity index is 3.27. The molecule has 0 unspecified atom stereocenters. The van der Waals surface area contributed by atoms with E-state index in [9.17, 15) is 13.2 Å². The summed E-state index contributed by atoms with van der Waals surface area (Å²) in [5.74, 6) is 0. The van der Waals surface area contributed by atoms with Crippen molar-refractivity contribution in [2.75, 3.05) is 12.3 Å². The van der Waals surface area contributed by atoms with Crippen molar-refractivity contribution >= 4 is 5.69 Å². The Morgan fingerprint density at radius 2 is 1.87 bits per heavy atom. The Bertz CT molecular complexity index is 349. The molecule has 0 spiro atoms. The largest absolute Gasteiger partial charge is 0.416 e. The van der Waals surface area contributed by atoms with Gasteiger partial charge in [0.1, 0.15) is 0 Å². The van der Waals surface area contributed by atoms with E-state index in [0.29, 0.717) is 0 Å². The van der Waals surface area contributed by atoms with Crippen molar-refractivity contribution in [1.82, 2.24) is 0 Å². The van der Waals surface area contributed by atoms with Crippen molar-refractivity contribution in [2.24, 2.45) is 11.5 Å². The summed E-state index contributed by atoms with van der Waals surface area (Å²) in [4.78, 5) is 0. The van der Waals surface area contributed by atoms with Crippen molar-refractivity contribution in [3.8, 4) is 0 Å². The highest BCUT2D eigenvalue weighted by Gasteiger charge is 2.34. The molecule has 0 aliphatic heterocycles. The summed E-state index contributed by atoms with van der Waals surface area (Å²) < 4.78 is 37.7. The van der Waals surface area contributed by atoms with Crippen molar-refractivity contribution in [3.63, 3.8) is 0 Å². The molecule has 3 nitrogen and oxygen atoms in total. The van der Waals surface area contributed by atoms with E-state index in [2.05, 4.69) is 0 Å². The van der Waals surface area contributed by atoms with Crippen LogP contribution in [0.3, 0.4) is 0 Å². The first-order valence-corrected chi connectivity index (χ1v) is 4.28. The third-order valence-corrected chi connectivity index (χ3v) is 2.04. The zero-order valence-corrected chi connectivity index (χ0v) is 7.88. The summed E-state index contributed by atoms with van der Waals surface area (Å²) >= 11 is 0. The molecule has 1 atom stereocenters. The molecule has 0 aliphatic carbocycles. The molecule has 0 fully saturated rings. The van der Waals surface area contributed by atoms with Gasteiger partial charge in [0.05, 0.1) is 5.56 Å². The first-order chi connectivity index (χ1) is 6.86. The number of halogens is 3. The summed E-state index contributed by atoms with van der Waals surface area (Å²) in [5, 5.41) is 0. The quantitative estimate of drug-likeness (QED) is 0.655. The summed E-state index contributed by atoms with van der Waals surface area (Å²) in [5.41, 5.74) is 15.2. The van der Waals surface area contributed by atoms with Crippen LogP contribution in [0.4, 0.5) is 18.9 Å². The summed E-state index contributed by atoms with van der Waals surface area (Å²) in [6.07, 6.45) is -4.46. The molecule has 15 heavy (non-hydrogen) atoms. The standard InChI is InChI=1S/C9H12F3N3/c10-9(11,12)7-3-5(14)1-2-6(7)8(15)4-13/h1-3,8H,4,13-15H2/t8-/m0/s1. The molecule has 0 saturated heterocycles. The maximum absolute atomic E-state index is 12.6. The Kier molecular flexibility index (Phi) is 3.21. The number of nitrogen functional groups attached to an aromatic ring is 1. The number of hydrogen-bond donors (Lipinski definition) is 3. The van der Waals surface area contributed by atoms with Gasteiger partial charge in [0.2, 0.25) is 0 Å².